The Morgan fingerprint density at radius 2 is 1.21 bits per heavy atom. The van der Waals surface area contributed by atoms with Gasteiger partial charge < -0.3 is 16.0 Å². The fraction of sp³-hybridized carbons (Fsp3) is 0. The Hall–Kier alpha value is -3.43. The van der Waals surface area contributed by atoms with Crippen molar-refractivity contribution in [3.05, 3.63) is 84.9 Å². The first-order valence-corrected chi connectivity index (χ1v) is 10.4. The van der Waals surface area contributed by atoms with Gasteiger partial charge in [-0.1, -0.05) is 48.5 Å². The van der Waals surface area contributed by atoms with Gasteiger partial charge in [-0.2, -0.15) is 0 Å². The summed E-state index contributed by atoms with van der Waals surface area (Å²) in [6, 6.07) is 23.0. The van der Waals surface area contributed by atoms with Gasteiger partial charge in [-0.25, -0.2) is 17.9 Å². The van der Waals surface area contributed by atoms with Gasteiger partial charge >= 0.3 is 6.03 Å². The van der Waals surface area contributed by atoms with Gasteiger partial charge in [-0.3, -0.25) is 0 Å². The average Bonchev–Trinajstić information content (AvgIpc) is 2.69. The lowest BCUT2D eigenvalue weighted by atomic mass is 10.3. The molecule has 0 unspecified atom stereocenters. The van der Waals surface area contributed by atoms with Crippen molar-refractivity contribution >= 4 is 50.4 Å². The number of nitrogens with one attached hydrogen (secondary N) is 4. The van der Waals surface area contributed by atoms with Gasteiger partial charge in [0.15, 0.2) is 5.11 Å². The number of carbonyl (C=O) groups is 1. The Bertz CT molecular complexity index is 1100. The molecular formula is C20H18N4O3S2. The van der Waals surface area contributed by atoms with E-state index < -0.39 is 16.1 Å². The molecule has 7 nitrogen and oxygen atoms in total. The molecule has 0 aliphatic rings. The number of hydrogen-bond donors (Lipinski definition) is 4. The van der Waals surface area contributed by atoms with Gasteiger partial charge in [-0.05, 0) is 48.6 Å². The minimum atomic E-state index is -4.14. The molecule has 0 aliphatic carbocycles. The second kappa shape index (κ2) is 9.18. The van der Waals surface area contributed by atoms with E-state index in [1.165, 1.54) is 6.07 Å². The van der Waals surface area contributed by atoms with Gasteiger partial charge in [0.2, 0.25) is 0 Å². The van der Waals surface area contributed by atoms with Crippen molar-refractivity contribution in [1.82, 2.24) is 4.72 Å². The molecule has 29 heavy (non-hydrogen) atoms. The third-order valence-corrected chi connectivity index (χ3v) is 5.31. The van der Waals surface area contributed by atoms with E-state index >= 15 is 0 Å². The van der Waals surface area contributed by atoms with E-state index in [2.05, 4.69) is 16.0 Å². The summed E-state index contributed by atoms with van der Waals surface area (Å²) in [6.07, 6.45) is 0. The molecule has 4 N–H and O–H groups in total. The van der Waals surface area contributed by atoms with Crippen LogP contribution >= 0.6 is 12.2 Å². The van der Waals surface area contributed by atoms with Crippen molar-refractivity contribution in [3.8, 4) is 0 Å². The summed E-state index contributed by atoms with van der Waals surface area (Å²) in [6.45, 7) is 0. The van der Waals surface area contributed by atoms with Crippen molar-refractivity contribution in [2.45, 2.75) is 4.90 Å². The predicted octanol–water partition coefficient (Wildman–Crippen LogP) is 4.01. The first-order valence-electron chi connectivity index (χ1n) is 8.55. The number of amides is 2. The molecule has 0 radical (unpaired) electrons. The number of benzene rings is 3. The number of anilines is 3. The third kappa shape index (κ3) is 5.77. The van der Waals surface area contributed by atoms with Crippen LogP contribution in [0.5, 0.6) is 0 Å². The van der Waals surface area contributed by atoms with Crippen LogP contribution in [-0.4, -0.2) is 19.6 Å². The summed E-state index contributed by atoms with van der Waals surface area (Å²) in [5.41, 5.74) is 1.46. The van der Waals surface area contributed by atoms with E-state index in [-0.39, 0.29) is 15.7 Å². The first-order chi connectivity index (χ1) is 13.9. The summed E-state index contributed by atoms with van der Waals surface area (Å²) in [7, 11) is -4.14. The largest absolute Gasteiger partial charge is 0.333 e. The highest BCUT2D eigenvalue weighted by Crippen LogP contribution is 2.21. The quantitative estimate of drug-likeness (QED) is 0.460. The number of urea groups is 1. The SMILES string of the molecule is O=C(Nc1ccccc1)NS(=O)(=O)c1ccccc1NC(=S)Nc1ccccc1. The number of para-hydroxylation sites is 3. The van der Waals surface area contributed by atoms with E-state index in [9.17, 15) is 13.2 Å². The first kappa shape index (κ1) is 20.3. The van der Waals surface area contributed by atoms with Crippen molar-refractivity contribution in [1.29, 1.82) is 0 Å². The highest BCUT2D eigenvalue weighted by atomic mass is 32.2. The second-order valence-electron chi connectivity index (χ2n) is 5.87. The van der Waals surface area contributed by atoms with Crippen LogP contribution in [0.3, 0.4) is 0 Å². The van der Waals surface area contributed by atoms with E-state index in [0.29, 0.717) is 5.69 Å². The molecule has 0 aromatic heterocycles. The predicted molar refractivity (Wildman–Crippen MR) is 119 cm³/mol. The second-order valence-corrected chi connectivity index (χ2v) is 7.93. The van der Waals surface area contributed by atoms with Gasteiger partial charge in [0, 0.05) is 11.4 Å². The number of hydrogen-bond acceptors (Lipinski definition) is 4. The maximum Gasteiger partial charge on any atom is 0.333 e. The molecule has 3 aromatic rings. The molecule has 9 heteroatoms. The molecule has 0 spiro atoms. The minimum absolute atomic E-state index is 0.111. The zero-order chi connectivity index (χ0) is 20.7. The van der Waals surface area contributed by atoms with Crippen molar-refractivity contribution < 1.29 is 13.2 Å². The standard InChI is InChI=1S/C20H18N4O3S2/c25-19(21-15-9-3-1-4-10-15)24-29(26,27)18-14-8-7-13-17(18)23-20(28)22-16-11-5-2-6-12-16/h1-14H,(H2,21,24,25)(H2,22,23,28). The van der Waals surface area contributed by atoms with Crippen LogP contribution in [-0.2, 0) is 10.0 Å². The highest BCUT2D eigenvalue weighted by molar-refractivity contribution is 7.90. The van der Waals surface area contributed by atoms with Crippen molar-refractivity contribution in [2.75, 3.05) is 16.0 Å². The van der Waals surface area contributed by atoms with Crippen LogP contribution in [0.4, 0.5) is 21.9 Å². The van der Waals surface area contributed by atoms with E-state index in [0.717, 1.165) is 5.69 Å². The lowest BCUT2D eigenvalue weighted by molar-refractivity contribution is 0.256. The fourth-order valence-electron chi connectivity index (χ4n) is 2.47. The van der Waals surface area contributed by atoms with Crippen LogP contribution < -0.4 is 20.7 Å². The molecule has 0 saturated heterocycles. The van der Waals surface area contributed by atoms with E-state index in [1.54, 1.807) is 48.5 Å². The number of sulfonamides is 1. The zero-order valence-corrected chi connectivity index (χ0v) is 16.8. The Balaban J connectivity index is 1.72. The van der Waals surface area contributed by atoms with Crippen LogP contribution in [0, 0.1) is 0 Å². The van der Waals surface area contributed by atoms with Crippen LogP contribution in [0.15, 0.2) is 89.8 Å². The number of carbonyl (C=O) groups excluding carboxylic acids is 1. The van der Waals surface area contributed by atoms with E-state index in [4.69, 9.17) is 12.2 Å². The maximum absolute atomic E-state index is 12.7. The molecule has 3 aromatic carbocycles. The molecule has 0 atom stereocenters. The molecule has 148 valence electrons. The smallest absolute Gasteiger partial charge is 0.332 e. The van der Waals surface area contributed by atoms with Gasteiger partial charge in [-0.15, -0.1) is 0 Å². The Kier molecular flexibility index (Phi) is 6.43. The summed E-state index contributed by atoms with van der Waals surface area (Å²) in [5.74, 6) is 0. The van der Waals surface area contributed by atoms with Crippen LogP contribution in [0.2, 0.25) is 0 Å². The Morgan fingerprint density at radius 1 is 0.690 bits per heavy atom. The van der Waals surface area contributed by atoms with Crippen molar-refractivity contribution in [3.63, 3.8) is 0 Å². The fourth-order valence-corrected chi connectivity index (χ4v) is 3.76. The average molecular weight is 427 g/mol. The summed E-state index contributed by atoms with van der Waals surface area (Å²) >= 11 is 5.26. The number of thiocarbonyl (C=S) groups is 1. The highest BCUT2D eigenvalue weighted by Gasteiger charge is 2.21. The maximum atomic E-state index is 12.7. The minimum Gasteiger partial charge on any atom is -0.332 e. The molecule has 2 amide bonds. The summed E-state index contributed by atoms with van der Waals surface area (Å²) < 4.78 is 27.4. The van der Waals surface area contributed by atoms with Gasteiger partial charge in [0.1, 0.15) is 4.90 Å². The molecule has 3 rings (SSSR count). The lowest BCUT2D eigenvalue weighted by Gasteiger charge is -2.15. The summed E-state index contributed by atoms with van der Waals surface area (Å²) in [5, 5.41) is 8.51. The normalized spacial score (nSPS) is 10.6. The Labute approximate surface area is 174 Å². The van der Waals surface area contributed by atoms with E-state index in [1.807, 2.05) is 35.1 Å². The molecule has 0 saturated carbocycles. The summed E-state index contributed by atoms with van der Waals surface area (Å²) in [4.78, 5) is 12.0. The van der Waals surface area contributed by atoms with Gasteiger partial charge in [0.25, 0.3) is 10.0 Å². The monoisotopic (exact) mass is 426 g/mol. The topological polar surface area (TPSA) is 99.3 Å². The molecule has 0 aliphatic heterocycles. The van der Waals surface area contributed by atoms with Crippen LogP contribution in [0.25, 0.3) is 0 Å². The van der Waals surface area contributed by atoms with Gasteiger partial charge in [0.05, 0.1) is 5.69 Å². The third-order valence-electron chi connectivity index (χ3n) is 3.72. The lowest BCUT2D eigenvalue weighted by Crippen LogP contribution is -2.35. The molecular weight excluding hydrogens is 408 g/mol. The van der Waals surface area contributed by atoms with Crippen molar-refractivity contribution in [2.24, 2.45) is 0 Å². The molecule has 0 fully saturated rings. The zero-order valence-electron chi connectivity index (χ0n) is 15.1. The van der Waals surface area contributed by atoms with Crippen LogP contribution in [0.1, 0.15) is 0 Å². The number of rotatable bonds is 5. The molecule has 0 heterocycles. The molecule has 0 bridgehead atoms. The Morgan fingerprint density at radius 3 is 1.83 bits per heavy atom.